The van der Waals surface area contributed by atoms with Crippen molar-refractivity contribution >= 4 is 11.3 Å². The molecule has 0 radical (unpaired) electrons. The third kappa shape index (κ3) is 2.90. The molecule has 0 bridgehead atoms. The summed E-state index contributed by atoms with van der Waals surface area (Å²) in [6.45, 7) is 5.89. The molecule has 0 spiro atoms. The van der Waals surface area contributed by atoms with Gasteiger partial charge in [0, 0.05) is 17.0 Å². The summed E-state index contributed by atoms with van der Waals surface area (Å²) < 4.78 is 12.8. The molecule has 1 N–H and O–H groups in total. The van der Waals surface area contributed by atoms with E-state index in [1.54, 1.807) is 23.5 Å². The van der Waals surface area contributed by atoms with Gasteiger partial charge in [-0.3, -0.25) is 0 Å². The quantitative estimate of drug-likeness (QED) is 0.900. The standard InChI is InChI=1S/C13H15FN2S/c1-3-15-8-12-9(2)16-13(17-12)10-4-6-11(14)7-5-10/h4-7,15H,3,8H2,1-2H3. The van der Waals surface area contributed by atoms with Crippen molar-refractivity contribution in [1.29, 1.82) is 0 Å². The van der Waals surface area contributed by atoms with E-state index >= 15 is 0 Å². The Labute approximate surface area is 105 Å². The maximum atomic E-state index is 12.8. The first-order chi connectivity index (χ1) is 8.20. The molecule has 0 aliphatic carbocycles. The smallest absolute Gasteiger partial charge is 0.123 e. The fourth-order valence-electron chi connectivity index (χ4n) is 1.55. The summed E-state index contributed by atoms with van der Waals surface area (Å²) >= 11 is 1.66. The number of hydrogen-bond donors (Lipinski definition) is 1. The number of nitrogens with one attached hydrogen (secondary N) is 1. The van der Waals surface area contributed by atoms with Gasteiger partial charge in [-0.05, 0) is 37.7 Å². The predicted octanol–water partition coefficient (Wildman–Crippen LogP) is 3.37. The van der Waals surface area contributed by atoms with E-state index in [1.807, 2.05) is 6.92 Å². The van der Waals surface area contributed by atoms with Crippen LogP contribution >= 0.6 is 11.3 Å². The maximum absolute atomic E-state index is 12.8. The van der Waals surface area contributed by atoms with Crippen molar-refractivity contribution in [3.8, 4) is 10.6 Å². The Balaban J connectivity index is 2.24. The highest BCUT2D eigenvalue weighted by Gasteiger charge is 2.08. The minimum Gasteiger partial charge on any atom is -0.312 e. The Morgan fingerprint density at radius 1 is 1.29 bits per heavy atom. The van der Waals surface area contributed by atoms with Crippen LogP contribution in [0.1, 0.15) is 17.5 Å². The first-order valence-electron chi connectivity index (χ1n) is 5.63. The number of thiazole rings is 1. The fourth-order valence-corrected chi connectivity index (χ4v) is 2.58. The molecule has 1 heterocycles. The summed E-state index contributed by atoms with van der Waals surface area (Å²) in [5.74, 6) is -0.213. The molecule has 0 saturated carbocycles. The highest BCUT2D eigenvalue weighted by molar-refractivity contribution is 7.15. The molecule has 17 heavy (non-hydrogen) atoms. The molecular formula is C13H15FN2S. The van der Waals surface area contributed by atoms with Gasteiger partial charge in [0.25, 0.3) is 0 Å². The van der Waals surface area contributed by atoms with Gasteiger partial charge in [0.15, 0.2) is 0 Å². The van der Waals surface area contributed by atoms with Crippen LogP contribution in [0.2, 0.25) is 0 Å². The number of benzene rings is 1. The van der Waals surface area contributed by atoms with E-state index in [2.05, 4.69) is 17.2 Å². The molecule has 2 aromatic rings. The highest BCUT2D eigenvalue weighted by atomic mass is 32.1. The van der Waals surface area contributed by atoms with Crippen molar-refractivity contribution in [2.24, 2.45) is 0 Å². The minimum absolute atomic E-state index is 0.213. The van der Waals surface area contributed by atoms with Gasteiger partial charge in [0.1, 0.15) is 10.8 Å². The lowest BCUT2D eigenvalue weighted by Crippen LogP contribution is -2.11. The van der Waals surface area contributed by atoms with Crippen LogP contribution in [0.3, 0.4) is 0 Å². The monoisotopic (exact) mass is 250 g/mol. The van der Waals surface area contributed by atoms with Crippen LogP contribution < -0.4 is 5.32 Å². The van der Waals surface area contributed by atoms with Gasteiger partial charge in [0.2, 0.25) is 0 Å². The van der Waals surface area contributed by atoms with Crippen molar-refractivity contribution in [2.45, 2.75) is 20.4 Å². The molecular weight excluding hydrogens is 235 g/mol. The average molecular weight is 250 g/mol. The Kier molecular flexibility index (Phi) is 3.86. The molecule has 2 nitrogen and oxygen atoms in total. The molecule has 0 amide bonds. The van der Waals surface area contributed by atoms with E-state index < -0.39 is 0 Å². The molecule has 0 fully saturated rings. The summed E-state index contributed by atoms with van der Waals surface area (Å²) in [5.41, 5.74) is 2.03. The fraction of sp³-hybridized carbons (Fsp3) is 0.308. The van der Waals surface area contributed by atoms with Gasteiger partial charge in [-0.25, -0.2) is 9.37 Å². The van der Waals surface area contributed by atoms with Crippen molar-refractivity contribution in [1.82, 2.24) is 10.3 Å². The van der Waals surface area contributed by atoms with Crippen LogP contribution in [0.5, 0.6) is 0 Å². The van der Waals surface area contributed by atoms with Crippen molar-refractivity contribution in [3.05, 3.63) is 40.7 Å². The van der Waals surface area contributed by atoms with E-state index in [0.29, 0.717) is 0 Å². The van der Waals surface area contributed by atoms with Gasteiger partial charge in [-0.1, -0.05) is 6.92 Å². The van der Waals surface area contributed by atoms with E-state index in [4.69, 9.17) is 0 Å². The molecule has 4 heteroatoms. The zero-order valence-electron chi connectivity index (χ0n) is 9.96. The normalized spacial score (nSPS) is 10.8. The maximum Gasteiger partial charge on any atom is 0.123 e. The SMILES string of the molecule is CCNCc1sc(-c2ccc(F)cc2)nc1C. The van der Waals surface area contributed by atoms with E-state index in [9.17, 15) is 4.39 Å². The summed E-state index contributed by atoms with van der Waals surface area (Å²) in [7, 11) is 0. The number of hydrogen-bond acceptors (Lipinski definition) is 3. The van der Waals surface area contributed by atoms with Crippen LogP contribution in [-0.4, -0.2) is 11.5 Å². The molecule has 1 aromatic heterocycles. The summed E-state index contributed by atoms with van der Waals surface area (Å²) in [4.78, 5) is 5.76. The first-order valence-corrected chi connectivity index (χ1v) is 6.45. The number of rotatable bonds is 4. The van der Waals surface area contributed by atoms with Gasteiger partial charge < -0.3 is 5.32 Å². The Morgan fingerprint density at radius 3 is 2.65 bits per heavy atom. The first kappa shape index (κ1) is 12.2. The van der Waals surface area contributed by atoms with Crippen LogP contribution in [0, 0.1) is 12.7 Å². The molecule has 2 rings (SSSR count). The Bertz CT molecular complexity index is 491. The van der Waals surface area contributed by atoms with Crippen LogP contribution in [0.25, 0.3) is 10.6 Å². The van der Waals surface area contributed by atoms with Crippen molar-refractivity contribution < 1.29 is 4.39 Å². The molecule has 0 saturated heterocycles. The second kappa shape index (κ2) is 5.38. The lowest BCUT2D eigenvalue weighted by atomic mass is 10.2. The summed E-state index contributed by atoms with van der Waals surface area (Å²) in [6.07, 6.45) is 0. The summed E-state index contributed by atoms with van der Waals surface area (Å²) in [6, 6.07) is 6.47. The molecule has 1 aromatic carbocycles. The zero-order chi connectivity index (χ0) is 12.3. The van der Waals surface area contributed by atoms with Crippen LogP contribution in [0.4, 0.5) is 4.39 Å². The average Bonchev–Trinajstić information content (AvgIpc) is 2.69. The van der Waals surface area contributed by atoms with E-state index in [-0.39, 0.29) is 5.82 Å². The number of halogens is 1. The van der Waals surface area contributed by atoms with Crippen molar-refractivity contribution in [3.63, 3.8) is 0 Å². The second-order valence-electron chi connectivity index (χ2n) is 3.81. The summed E-state index contributed by atoms with van der Waals surface area (Å²) in [5, 5.41) is 4.24. The topological polar surface area (TPSA) is 24.9 Å². The third-order valence-corrected chi connectivity index (χ3v) is 3.73. The van der Waals surface area contributed by atoms with Crippen LogP contribution in [-0.2, 0) is 6.54 Å². The predicted molar refractivity (Wildman–Crippen MR) is 69.6 cm³/mol. The van der Waals surface area contributed by atoms with E-state index in [1.165, 1.54) is 17.0 Å². The minimum atomic E-state index is -0.213. The molecule has 90 valence electrons. The Morgan fingerprint density at radius 2 is 2.00 bits per heavy atom. The highest BCUT2D eigenvalue weighted by Crippen LogP contribution is 2.27. The van der Waals surface area contributed by atoms with Gasteiger partial charge in [-0.2, -0.15) is 0 Å². The third-order valence-electron chi connectivity index (χ3n) is 2.52. The molecule has 0 aliphatic heterocycles. The number of nitrogens with zero attached hydrogens (tertiary/aromatic N) is 1. The zero-order valence-corrected chi connectivity index (χ0v) is 10.8. The lowest BCUT2D eigenvalue weighted by molar-refractivity contribution is 0.628. The van der Waals surface area contributed by atoms with E-state index in [0.717, 1.165) is 29.4 Å². The van der Waals surface area contributed by atoms with Gasteiger partial charge in [0.05, 0.1) is 5.69 Å². The lowest BCUT2D eigenvalue weighted by Gasteiger charge is -1.97. The largest absolute Gasteiger partial charge is 0.312 e. The molecule has 0 aliphatic rings. The van der Waals surface area contributed by atoms with Gasteiger partial charge >= 0.3 is 0 Å². The molecule has 0 atom stereocenters. The van der Waals surface area contributed by atoms with Crippen molar-refractivity contribution in [2.75, 3.05) is 6.54 Å². The number of aromatic nitrogens is 1. The van der Waals surface area contributed by atoms with Gasteiger partial charge in [-0.15, -0.1) is 11.3 Å². The second-order valence-corrected chi connectivity index (χ2v) is 4.90. The Hall–Kier alpha value is -1.26. The number of aryl methyl sites for hydroxylation is 1. The van der Waals surface area contributed by atoms with Crippen LogP contribution in [0.15, 0.2) is 24.3 Å². The molecule has 0 unspecified atom stereocenters.